The number of nitrogens with zero attached hydrogens (tertiary/aromatic N) is 5. The quantitative estimate of drug-likeness (QED) is 0.739. The van der Waals surface area contributed by atoms with Gasteiger partial charge in [0.2, 0.25) is 11.8 Å². The highest BCUT2D eigenvalue weighted by Gasteiger charge is 2.37. The summed E-state index contributed by atoms with van der Waals surface area (Å²) in [6.07, 6.45) is 0. The van der Waals surface area contributed by atoms with Crippen molar-refractivity contribution in [3.63, 3.8) is 0 Å². The van der Waals surface area contributed by atoms with Crippen LogP contribution in [-0.4, -0.2) is 81.8 Å². The van der Waals surface area contributed by atoms with Crippen LogP contribution in [0.1, 0.15) is 22.3 Å². The Labute approximate surface area is 132 Å². The molecule has 1 aromatic rings. The molecule has 0 aliphatic carbocycles. The first-order chi connectivity index (χ1) is 10.3. The van der Waals surface area contributed by atoms with Gasteiger partial charge in [-0.2, -0.15) is 0 Å². The van der Waals surface area contributed by atoms with Crippen LogP contribution in [0.25, 0.3) is 0 Å². The number of likely N-dealkylation sites (N-methyl/N-ethyl adjacent to an activating group) is 1. The molecule has 1 unspecified atom stereocenters. The number of carbonyl (C=O) groups excluding carboxylic acids is 3. The van der Waals surface area contributed by atoms with Gasteiger partial charge in [0.25, 0.3) is 5.91 Å². The smallest absolute Gasteiger partial charge is 0.267 e. The highest BCUT2D eigenvalue weighted by atomic mass is 32.1. The molecule has 2 rings (SSSR count). The molecule has 2 heterocycles. The van der Waals surface area contributed by atoms with Gasteiger partial charge in [-0.05, 0) is 18.5 Å². The lowest BCUT2D eigenvalue weighted by molar-refractivity contribution is -0.146. The minimum absolute atomic E-state index is 0.164. The second-order valence-corrected chi connectivity index (χ2v) is 6.15. The van der Waals surface area contributed by atoms with Crippen LogP contribution in [0.15, 0.2) is 0 Å². The van der Waals surface area contributed by atoms with Crippen LogP contribution in [0.4, 0.5) is 0 Å². The Hall–Kier alpha value is -2.03. The van der Waals surface area contributed by atoms with E-state index in [0.29, 0.717) is 23.7 Å². The fourth-order valence-corrected chi connectivity index (χ4v) is 3.05. The second kappa shape index (κ2) is 6.39. The van der Waals surface area contributed by atoms with Crippen LogP contribution in [0.3, 0.4) is 0 Å². The van der Waals surface area contributed by atoms with Gasteiger partial charge in [0.15, 0.2) is 0 Å². The third kappa shape index (κ3) is 3.08. The van der Waals surface area contributed by atoms with Crippen LogP contribution in [-0.2, 0) is 9.59 Å². The minimum atomic E-state index is -0.647. The first kappa shape index (κ1) is 16.3. The first-order valence-electron chi connectivity index (χ1n) is 6.89. The number of hydrogen-bond donors (Lipinski definition) is 0. The highest BCUT2D eigenvalue weighted by Crippen LogP contribution is 2.18. The van der Waals surface area contributed by atoms with Gasteiger partial charge in [-0.15, -0.1) is 5.10 Å². The van der Waals surface area contributed by atoms with Crippen molar-refractivity contribution >= 4 is 29.3 Å². The Balaban J connectivity index is 2.20. The average molecular weight is 325 g/mol. The summed E-state index contributed by atoms with van der Waals surface area (Å²) < 4.78 is 3.77. The molecule has 1 aliphatic heterocycles. The molecule has 1 aromatic heterocycles. The third-order valence-electron chi connectivity index (χ3n) is 3.64. The van der Waals surface area contributed by atoms with E-state index >= 15 is 0 Å². The molecular weight excluding hydrogens is 306 g/mol. The fourth-order valence-electron chi connectivity index (χ4n) is 2.43. The summed E-state index contributed by atoms with van der Waals surface area (Å²) >= 11 is 1.05. The average Bonchev–Trinajstić information content (AvgIpc) is 2.90. The summed E-state index contributed by atoms with van der Waals surface area (Å²) in [5, 5.41) is 3.84. The number of amides is 3. The van der Waals surface area contributed by atoms with E-state index in [9.17, 15) is 14.4 Å². The van der Waals surface area contributed by atoms with E-state index in [1.165, 1.54) is 16.7 Å². The van der Waals surface area contributed by atoms with Crippen molar-refractivity contribution in [2.75, 3.05) is 33.7 Å². The number of carbonyl (C=O) groups is 3. The van der Waals surface area contributed by atoms with Crippen LogP contribution >= 0.6 is 11.5 Å². The largest absolute Gasteiger partial charge is 0.347 e. The third-order valence-corrected chi connectivity index (χ3v) is 4.46. The summed E-state index contributed by atoms with van der Waals surface area (Å²) in [4.78, 5) is 41.6. The Morgan fingerprint density at radius 2 is 1.95 bits per heavy atom. The van der Waals surface area contributed by atoms with E-state index in [-0.39, 0.29) is 24.3 Å². The van der Waals surface area contributed by atoms with Crippen molar-refractivity contribution in [2.45, 2.75) is 19.9 Å². The zero-order chi connectivity index (χ0) is 16.4. The lowest BCUT2D eigenvalue weighted by atomic mass is 10.1. The summed E-state index contributed by atoms with van der Waals surface area (Å²) in [6.45, 7) is 4.09. The molecule has 0 radical (unpaired) electrons. The summed E-state index contributed by atoms with van der Waals surface area (Å²) in [5.41, 5.74) is 0.583. The van der Waals surface area contributed by atoms with E-state index in [1.54, 1.807) is 25.9 Å². The fraction of sp³-hybridized carbons (Fsp3) is 0.615. The van der Waals surface area contributed by atoms with Crippen molar-refractivity contribution in [3.05, 3.63) is 10.6 Å². The van der Waals surface area contributed by atoms with Gasteiger partial charge in [-0.25, -0.2) is 0 Å². The number of hydrogen-bond acceptors (Lipinski definition) is 6. The maximum atomic E-state index is 12.5. The van der Waals surface area contributed by atoms with Crippen molar-refractivity contribution < 1.29 is 14.4 Å². The number of rotatable bonds is 2. The van der Waals surface area contributed by atoms with E-state index in [0.717, 1.165) is 11.5 Å². The molecule has 1 saturated heterocycles. The zero-order valence-corrected chi connectivity index (χ0v) is 13.9. The summed E-state index contributed by atoms with van der Waals surface area (Å²) in [7, 11) is 3.28. The minimum Gasteiger partial charge on any atom is -0.347 e. The number of aromatic nitrogens is 2. The van der Waals surface area contributed by atoms with E-state index in [1.807, 2.05) is 0 Å². The molecule has 8 nitrogen and oxygen atoms in total. The molecule has 0 N–H and O–H groups in total. The van der Waals surface area contributed by atoms with Crippen LogP contribution in [0.2, 0.25) is 0 Å². The predicted molar refractivity (Wildman–Crippen MR) is 80.4 cm³/mol. The first-order valence-corrected chi connectivity index (χ1v) is 7.67. The van der Waals surface area contributed by atoms with Crippen molar-refractivity contribution in [3.8, 4) is 0 Å². The van der Waals surface area contributed by atoms with Gasteiger partial charge >= 0.3 is 0 Å². The normalized spacial score (nSPS) is 18.3. The maximum absolute atomic E-state index is 12.5. The molecule has 9 heteroatoms. The molecule has 0 spiro atoms. The summed E-state index contributed by atoms with van der Waals surface area (Å²) in [5.74, 6) is -0.540. The SMILES string of the molecule is CC(=O)N1CCN(C(=O)c2snnc2C)CC1C(=O)N(C)C. The second-order valence-electron chi connectivity index (χ2n) is 5.40. The maximum Gasteiger partial charge on any atom is 0.267 e. The molecule has 0 aromatic carbocycles. The Bertz CT molecular complexity index is 600. The van der Waals surface area contributed by atoms with Crippen LogP contribution < -0.4 is 0 Å². The van der Waals surface area contributed by atoms with Gasteiger partial charge in [-0.1, -0.05) is 4.49 Å². The predicted octanol–water partition coefficient (Wildman–Crippen LogP) is -0.392. The molecule has 0 saturated carbocycles. The molecule has 3 amide bonds. The Kier molecular flexibility index (Phi) is 4.74. The van der Waals surface area contributed by atoms with Gasteiger partial charge in [-0.3, -0.25) is 14.4 Å². The molecule has 1 atom stereocenters. The number of aryl methyl sites for hydroxylation is 1. The molecule has 1 aliphatic rings. The highest BCUT2D eigenvalue weighted by molar-refractivity contribution is 7.07. The topological polar surface area (TPSA) is 86.7 Å². The van der Waals surface area contributed by atoms with Crippen LogP contribution in [0.5, 0.6) is 0 Å². The summed E-state index contributed by atoms with van der Waals surface area (Å²) in [6, 6.07) is -0.647. The van der Waals surface area contributed by atoms with Gasteiger partial charge < -0.3 is 14.7 Å². The van der Waals surface area contributed by atoms with E-state index < -0.39 is 6.04 Å². The molecule has 1 fully saturated rings. The molecule has 22 heavy (non-hydrogen) atoms. The monoisotopic (exact) mass is 325 g/mol. The van der Waals surface area contributed by atoms with Gasteiger partial charge in [0, 0.05) is 34.1 Å². The van der Waals surface area contributed by atoms with Crippen molar-refractivity contribution in [1.82, 2.24) is 24.3 Å². The molecular formula is C13H19N5O3S. The van der Waals surface area contributed by atoms with Crippen molar-refractivity contribution in [1.29, 1.82) is 0 Å². The standard InChI is InChI=1S/C13H19N5O3S/c1-8-11(22-15-14-8)13(21)17-5-6-18(9(2)19)10(7-17)12(20)16(3)4/h10H,5-7H2,1-4H3. The van der Waals surface area contributed by atoms with E-state index in [4.69, 9.17) is 0 Å². The Morgan fingerprint density at radius 1 is 1.27 bits per heavy atom. The molecule has 0 bridgehead atoms. The number of piperazine rings is 1. The lowest BCUT2D eigenvalue weighted by Gasteiger charge is -2.40. The van der Waals surface area contributed by atoms with Gasteiger partial charge in [0.05, 0.1) is 12.2 Å². The Morgan fingerprint density at radius 3 is 2.45 bits per heavy atom. The lowest BCUT2D eigenvalue weighted by Crippen LogP contribution is -2.60. The zero-order valence-electron chi connectivity index (χ0n) is 13.1. The van der Waals surface area contributed by atoms with Crippen molar-refractivity contribution in [2.24, 2.45) is 0 Å². The molecule has 120 valence electrons. The van der Waals surface area contributed by atoms with Crippen LogP contribution in [0, 0.1) is 6.92 Å². The van der Waals surface area contributed by atoms with Gasteiger partial charge in [0.1, 0.15) is 10.9 Å². The van der Waals surface area contributed by atoms with E-state index in [2.05, 4.69) is 9.59 Å².